The predicted molar refractivity (Wildman–Crippen MR) is 133 cm³/mol. The van der Waals surface area contributed by atoms with Crippen molar-refractivity contribution in [1.82, 2.24) is 15.1 Å². The number of aryl methyl sites for hydroxylation is 1. The van der Waals surface area contributed by atoms with Gasteiger partial charge in [0, 0.05) is 17.2 Å². The molecular weight excluding hydrogens is 460 g/mol. The molecule has 1 aliphatic heterocycles. The molecule has 2 fully saturated rings. The number of rotatable bonds is 8. The Balaban J connectivity index is 1.33. The van der Waals surface area contributed by atoms with Crippen LogP contribution >= 0.6 is 0 Å². The predicted octanol–water partition coefficient (Wildman–Crippen LogP) is 3.42. The number of carbonyl (C=O) groups excluding carboxylic acids is 2. The third kappa shape index (κ3) is 5.12. The highest BCUT2D eigenvalue weighted by Gasteiger charge is 2.33. The van der Waals surface area contributed by atoms with Crippen LogP contribution in [0.1, 0.15) is 58.5 Å². The SMILES string of the molecule is Cc1ccc(C(=O)NC2CC2)cc1-n1ncc(C(=O)c2cccc(OCC3COC(C)(C)O3)c2)c1N. The molecule has 9 nitrogen and oxygen atoms in total. The number of hydrogen-bond acceptors (Lipinski definition) is 7. The van der Waals surface area contributed by atoms with Crippen molar-refractivity contribution in [3.8, 4) is 11.4 Å². The lowest BCUT2D eigenvalue weighted by Crippen LogP contribution is -2.25. The first kappa shape index (κ1) is 24.0. The molecule has 1 amide bonds. The van der Waals surface area contributed by atoms with Crippen molar-refractivity contribution in [1.29, 1.82) is 0 Å². The van der Waals surface area contributed by atoms with Crippen molar-refractivity contribution in [2.24, 2.45) is 0 Å². The van der Waals surface area contributed by atoms with Gasteiger partial charge >= 0.3 is 0 Å². The average molecular weight is 491 g/mol. The van der Waals surface area contributed by atoms with Crippen LogP contribution in [-0.4, -0.2) is 52.6 Å². The molecule has 1 aliphatic carbocycles. The minimum Gasteiger partial charge on any atom is -0.491 e. The molecule has 2 heterocycles. The summed E-state index contributed by atoms with van der Waals surface area (Å²) in [5.41, 5.74) is 9.13. The fourth-order valence-corrected chi connectivity index (χ4v) is 4.12. The average Bonchev–Trinajstić information content (AvgIpc) is 3.49. The van der Waals surface area contributed by atoms with E-state index in [0.717, 1.165) is 18.4 Å². The lowest BCUT2D eigenvalue weighted by Gasteiger charge is -2.17. The molecule has 5 rings (SSSR count). The number of nitrogens with two attached hydrogens (primary N) is 1. The molecule has 2 aromatic carbocycles. The Labute approximate surface area is 209 Å². The van der Waals surface area contributed by atoms with E-state index in [0.29, 0.717) is 35.8 Å². The summed E-state index contributed by atoms with van der Waals surface area (Å²) in [6.45, 7) is 6.38. The van der Waals surface area contributed by atoms with Crippen LogP contribution in [0.5, 0.6) is 5.75 Å². The van der Waals surface area contributed by atoms with Crippen molar-refractivity contribution >= 4 is 17.5 Å². The Morgan fingerprint density at radius 1 is 1.19 bits per heavy atom. The van der Waals surface area contributed by atoms with Crippen molar-refractivity contribution in [2.75, 3.05) is 18.9 Å². The Hall–Kier alpha value is -3.69. The van der Waals surface area contributed by atoms with Gasteiger partial charge in [-0.1, -0.05) is 18.2 Å². The van der Waals surface area contributed by atoms with E-state index in [9.17, 15) is 9.59 Å². The summed E-state index contributed by atoms with van der Waals surface area (Å²) in [5, 5.41) is 7.35. The summed E-state index contributed by atoms with van der Waals surface area (Å²) >= 11 is 0. The molecule has 36 heavy (non-hydrogen) atoms. The molecule has 1 saturated heterocycles. The van der Waals surface area contributed by atoms with Gasteiger partial charge in [0.15, 0.2) is 11.6 Å². The number of carbonyl (C=O) groups is 2. The van der Waals surface area contributed by atoms with Crippen LogP contribution in [0.2, 0.25) is 0 Å². The number of anilines is 1. The molecule has 1 aromatic heterocycles. The number of hydrogen-bond donors (Lipinski definition) is 2. The lowest BCUT2D eigenvalue weighted by atomic mass is 10.1. The van der Waals surface area contributed by atoms with Crippen LogP contribution in [0.4, 0.5) is 5.82 Å². The van der Waals surface area contributed by atoms with Crippen LogP contribution in [0.3, 0.4) is 0 Å². The molecule has 1 atom stereocenters. The summed E-state index contributed by atoms with van der Waals surface area (Å²) in [4.78, 5) is 25.8. The Morgan fingerprint density at radius 3 is 2.72 bits per heavy atom. The summed E-state index contributed by atoms with van der Waals surface area (Å²) < 4.78 is 18.7. The van der Waals surface area contributed by atoms with Gasteiger partial charge in [0.1, 0.15) is 24.3 Å². The van der Waals surface area contributed by atoms with Gasteiger partial charge in [-0.25, -0.2) is 4.68 Å². The Morgan fingerprint density at radius 2 is 2.00 bits per heavy atom. The second-order valence-corrected chi connectivity index (χ2v) is 9.72. The van der Waals surface area contributed by atoms with E-state index >= 15 is 0 Å². The molecule has 1 saturated carbocycles. The zero-order valence-electron chi connectivity index (χ0n) is 20.6. The van der Waals surface area contributed by atoms with Crippen LogP contribution in [0, 0.1) is 6.92 Å². The first-order valence-electron chi connectivity index (χ1n) is 12.0. The largest absolute Gasteiger partial charge is 0.491 e. The third-order valence-corrected chi connectivity index (χ3v) is 6.26. The van der Waals surface area contributed by atoms with Crippen molar-refractivity contribution in [2.45, 2.75) is 51.5 Å². The highest BCUT2D eigenvalue weighted by atomic mass is 16.7. The highest BCUT2D eigenvalue weighted by Crippen LogP contribution is 2.26. The van der Waals surface area contributed by atoms with Crippen LogP contribution in [0.25, 0.3) is 5.69 Å². The minimum absolute atomic E-state index is 0.129. The van der Waals surface area contributed by atoms with E-state index in [1.807, 2.05) is 26.8 Å². The van der Waals surface area contributed by atoms with E-state index in [4.69, 9.17) is 19.9 Å². The monoisotopic (exact) mass is 490 g/mol. The summed E-state index contributed by atoms with van der Waals surface area (Å²) in [6, 6.07) is 12.5. The third-order valence-electron chi connectivity index (χ3n) is 6.26. The van der Waals surface area contributed by atoms with E-state index in [1.54, 1.807) is 36.4 Å². The lowest BCUT2D eigenvalue weighted by molar-refractivity contribution is -0.141. The number of ketones is 1. The second-order valence-electron chi connectivity index (χ2n) is 9.72. The van der Waals surface area contributed by atoms with Gasteiger partial charge in [0.2, 0.25) is 0 Å². The maximum atomic E-state index is 13.3. The summed E-state index contributed by atoms with van der Waals surface area (Å²) in [6.07, 6.45) is 3.29. The fraction of sp³-hybridized carbons (Fsp3) is 0.370. The van der Waals surface area contributed by atoms with Gasteiger partial charge in [0.05, 0.1) is 24.1 Å². The van der Waals surface area contributed by atoms with Gasteiger partial charge in [-0.3, -0.25) is 9.59 Å². The number of ether oxygens (including phenoxy) is 3. The minimum atomic E-state index is -0.623. The van der Waals surface area contributed by atoms with E-state index in [2.05, 4.69) is 10.4 Å². The Kier molecular flexibility index (Phi) is 6.27. The summed E-state index contributed by atoms with van der Waals surface area (Å²) in [7, 11) is 0. The van der Waals surface area contributed by atoms with E-state index in [-0.39, 0.29) is 35.2 Å². The molecule has 2 aliphatic rings. The molecule has 1 unspecified atom stereocenters. The normalized spacial score (nSPS) is 18.7. The van der Waals surface area contributed by atoms with E-state index in [1.165, 1.54) is 10.9 Å². The molecule has 0 radical (unpaired) electrons. The van der Waals surface area contributed by atoms with Gasteiger partial charge < -0.3 is 25.3 Å². The van der Waals surface area contributed by atoms with Crippen molar-refractivity contribution in [3.63, 3.8) is 0 Å². The Bertz CT molecular complexity index is 1310. The zero-order valence-corrected chi connectivity index (χ0v) is 20.6. The maximum Gasteiger partial charge on any atom is 0.251 e. The number of benzene rings is 2. The number of nitrogens with zero attached hydrogens (tertiary/aromatic N) is 2. The van der Waals surface area contributed by atoms with E-state index < -0.39 is 5.79 Å². The summed E-state index contributed by atoms with van der Waals surface area (Å²) in [5.74, 6) is -0.275. The molecular formula is C27H30N4O5. The smallest absolute Gasteiger partial charge is 0.251 e. The van der Waals surface area contributed by atoms with Crippen LogP contribution in [-0.2, 0) is 9.47 Å². The van der Waals surface area contributed by atoms with Crippen LogP contribution in [0.15, 0.2) is 48.7 Å². The second kappa shape index (κ2) is 9.40. The number of nitrogen functional groups attached to an aromatic ring is 1. The molecule has 0 bridgehead atoms. The maximum absolute atomic E-state index is 13.3. The fourth-order valence-electron chi connectivity index (χ4n) is 4.12. The zero-order chi connectivity index (χ0) is 25.4. The standard InChI is InChI=1S/C27H30N4O5/c1-16-7-8-18(26(33)30-19-9-10-19)12-23(16)31-25(28)22(13-29-31)24(32)17-5-4-6-20(11-17)34-14-21-15-35-27(2,3)36-21/h4-8,11-13,19,21H,9-10,14-15,28H2,1-3H3,(H,30,33). The van der Waals surface area contributed by atoms with Crippen LogP contribution < -0.4 is 15.8 Å². The number of aromatic nitrogens is 2. The topological polar surface area (TPSA) is 118 Å². The molecule has 188 valence electrons. The highest BCUT2D eigenvalue weighted by molar-refractivity contribution is 6.11. The molecule has 3 aromatic rings. The van der Waals surface area contributed by atoms with Gasteiger partial charge in [0.25, 0.3) is 5.91 Å². The first-order chi connectivity index (χ1) is 17.2. The quantitative estimate of drug-likeness (QED) is 0.465. The molecule has 9 heteroatoms. The number of amides is 1. The molecule has 3 N–H and O–H groups in total. The van der Waals surface area contributed by atoms with Gasteiger partial charge in [-0.2, -0.15) is 5.10 Å². The van der Waals surface area contributed by atoms with Gasteiger partial charge in [-0.15, -0.1) is 0 Å². The molecule has 0 spiro atoms. The first-order valence-corrected chi connectivity index (χ1v) is 12.0. The number of nitrogens with one attached hydrogen (secondary N) is 1. The van der Waals surface area contributed by atoms with Crippen molar-refractivity contribution in [3.05, 3.63) is 70.9 Å². The van der Waals surface area contributed by atoms with Gasteiger partial charge in [-0.05, 0) is 63.4 Å². The van der Waals surface area contributed by atoms with Crippen molar-refractivity contribution < 1.29 is 23.8 Å².